The van der Waals surface area contributed by atoms with Gasteiger partial charge in [0.15, 0.2) is 0 Å². The summed E-state index contributed by atoms with van der Waals surface area (Å²) in [4.78, 5) is 0. The molecule has 0 radical (unpaired) electrons. The van der Waals surface area contributed by atoms with E-state index in [1.807, 2.05) is 0 Å². The fraction of sp³-hybridized carbons (Fsp3) is 0.727. The Labute approximate surface area is 78.6 Å². The highest BCUT2D eigenvalue weighted by Crippen LogP contribution is 2.66. The normalized spacial score (nSPS) is 41.4. The SMILES string of the molecule is C#C[C@](C)(O)[C@@]1(C#N)C[C@@H]1C1CC1. The van der Waals surface area contributed by atoms with Crippen LogP contribution in [-0.4, -0.2) is 10.7 Å². The van der Waals surface area contributed by atoms with Crippen molar-refractivity contribution in [1.29, 1.82) is 5.26 Å². The van der Waals surface area contributed by atoms with E-state index in [9.17, 15) is 5.11 Å². The molecule has 0 aliphatic heterocycles. The Morgan fingerprint density at radius 1 is 1.62 bits per heavy atom. The van der Waals surface area contributed by atoms with Crippen LogP contribution in [0.25, 0.3) is 0 Å². The van der Waals surface area contributed by atoms with Crippen LogP contribution in [-0.2, 0) is 0 Å². The van der Waals surface area contributed by atoms with Gasteiger partial charge in [0, 0.05) is 0 Å². The summed E-state index contributed by atoms with van der Waals surface area (Å²) in [5.74, 6) is 3.34. The number of hydrogen-bond acceptors (Lipinski definition) is 2. The molecule has 0 aromatic heterocycles. The number of hydrogen-bond donors (Lipinski definition) is 1. The molecule has 2 rings (SSSR count). The lowest BCUT2D eigenvalue weighted by atomic mass is 9.84. The molecule has 2 fully saturated rings. The molecular weight excluding hydrogens is 162 g/mol. The molecule has 0 saturated heterocycles. The molecule has 68 valence electrons. The zero-order valence-electron chi connectivity index (χ0n) is 7.75. The van der Waals surface area contributed by atoms with Crippen LogP contribution >= 0.6 is 0 Å². The Morgan fingerprint density at radius 2 is 2.23 bits per heavy atom. The predicted octanol–water partition coefficient (Wildman–Crippen LogP) is 1.31. The van der Waals surface area contributed by atoms with Gasteiger partial charge in [0.25, 0.3) is 0 Å². The van der Waals surface area contributed by atoms with Crippen LogP contribution in [0.3, 0.4) is 0 Å². The smallest absolute Gasteiger partial charge is 0.141 e. The minimum Gasteiger partial charge on any atom is -0.376 e. The lowest BCUT2D eigenvalue weighted by molar-refractivity contribution is 0.0585. The standard InChI is InChI=1S/C11H13NO/c1-3-10(2,13)11(7-12)6-9(11)8-4-5-8/h1,8-9,13H,4-6H2,2H3/t9-,10+,11-/m1/s1. The summed E-state index contributed by atoms with van der Waals surface area (Å²) in [5.41, 5.74) is -1.88. The van der Waals surface area contributed by atoms with Gasteiger partial charge in [-0.1, -0.05) is 5.92 Å². The molecule has 0 aromatic rings. The summed E-state index contributed by atoms with van der Waals surface area (Å²) in [7, 11) is 0. The van der Waals surface area contributed by atoms with Crippen molar-refractivity contribution in [2.75, 3.05) is 0 Å². The van der Waals surface area contributed by atoms with Crippen LogP contribution in [0.4, 0.5) is 0 Å². The second kappa shape index (κ2) is 2.28. The van der Waals surface area contributed by atoms with Crippen molar-refractivity contribution < 1.29 is 5.11 Å². The number of nitriles is 1. The molecule has 1 N–H and O–H groups in total. The van der Waals surface area contributed by atoms with Gasteiger partial charge in [-0.15, -0.1) is 6.42 Å². The van der Waals surface area contributed by atoms with Gasteiger partial charge in [0.1, 0.15) is 11.0 Å². The first-order valence-corrected chi connectivity index (χ1v) is 4.69. The summed E-state index contributed by atoms with van der Waals surface area (Å²) in [6.45, 7) is 1.58. The van der Waals surface area contributed by atoms with Crippen molar-refractivity contribution in [3.05, 3.63) is 0 Å². The number of rotatable bonds is 2. The van der Waals surface area contributed by atoms with E-state index < -0.39 is 11.0 Å². The van der Waals surface area contributed by atoms with E-state index in [0.717, 1.165) is 6.42 Å². The molecule has 0 amide bonds. The molecule has 0 heterocycles. The van der Waals surface area contributed by atoms with Gasteiger partial charge < -0.3 is 5.11 Å². The maximum atomic E-state index is 9.90. The molecule has 0 bridgehead atoms. The minimum atomic E-state index is -1.24. The van der Waals surface area contributed by atoms with Gasteiger partial charge in [-0.3, -0.25) is 0 Å². The highest BCUT2D eigenvalue weighted by atomic mass is 16.3. The van der Waals surface area contributed by atoms with E-state index in [2.05, 4.69) is 12.0 Å². The first-order valence-electron chi connectivity index (χ1n) is 4.69. The van der Waals surface area contributed by atoms with Crippen molar-refractivity contribution in [3.63, 3.8) is 0 Å². The van der Waals surface area contributed by atoms with Gasteiger partial charge >= 0.3 is 0 Å². The monoisotopic (exact) mass is 175 g/mol. The van der Waals surface area contributed by atoms with E-state index in [4.69, 9.17) is 11.7 Å². The van der Waals surface area contributed by atoms with Crippen LogP contribution in [0.2, 0.25) is 0 Å². The second-order valence-corrected chi connectivity index (χ2v) is 4.45. The third-order valence-corrected chi connectivity index (χ3v) is 3.56. The van der Waals surface area contributed by atoms with Gasteiger partial charge in [-0.25, -0.2) is 0 Å². The fourth-order valence-corrected chi connectivity index (χ4v) is 2.28. The Bertz CT molecular complexity index is 316. The summed E-state index contributed by atoms with van der Waals surface area (Å²) < 4.78 is 0. The lowest BCUT2D eigenvalue weighted by Gasteiger charge is -2.23. The van der Waals surface area contributed by atoms with Crippen molar-refractivity contribution in [2.45, 2.75) is 31.8 Å². The molecule has 2 aliphatic carbocycles. The fourth-order valence-electron chi connectivity index (χ4n) is 2.28. The molecule has 2 heteroatoms. The second-order valence-electron chi connectivity index (χ2n) is 4.45. The summed E-state index contributed by atoms with van der Waals surface area (Å²) >= 11 is 0. The lowest BCUT2D eigenvalue weighted by Crippen LogP contribution is -2.35. The Balaban J connectivity index is 2.21. The number of terminal acetylenes is 1. The van der Waals surface area contributed by atoms with Crippen LogP contribution in [0.5, 0.6) is 0 Å². The topological polar surface area (TPSA) is 44.0 Å². The van der Waals surface area contributed by atoms with Crippen LogP contribution < -0.4 is 0 Å². The summed E-state index contributed by atoms with van der Waals surface area (Å²) in [5, 5.41) is 19.0. The van der Waals surface area contributed by atoms with E-state index >= 15 is 0 Å². The highest BCUT2D eigenvalue weighted by molar-refractivity contribution is 5.32. The third-order valence-electron chi connectivity index (χ3n) is 3.56. The van der Waals surface area contributed by atoms with E-state index in [1.165, 1.54) is 12.8 Å². The number of nitrogens with zero attached hydrogens (tertiary/aromatic N) is 1. The van der Waals surface area contributed by atoms with Gasteiger partial charge in [-0.2, -0.15) is 5.26 Å². The average Bonchev–Trinajstić information content (AvgIpc) is 2.96. The van der Waals surface area contributed by atoms with Crippen molar-refractivity contribution in [2.24, 2.45) is 17.3 Å². The first kappa shape index (κ1) is 8.60. The van der Waals surface area contributed by atoms with E-state index in [1.54, 1.807) is 6.92 Å². The summed E-state index contributed by atoms with van der Waals surface area (Å²) in [6, 6.07) is 2.22. The Morgan fingerprint density at radius 3 is 2.62 bits per heavy atom. The quantitative estimate of drug-likeness (QED) is 0.643. The summed E-state index contributed by atoms with van der Waals surface area (Å²) in [6.07, 6.45) is 8.43. The maximum absolute atomic E-state index is 9.90. The number of aliphatic hydroxyl groups is 1. The Kier molecular flexibility index (Phi) is 1.51. The Hall–Kier alpha value is -0.990. The predicted molar refractivity (Wildman–Crippen MR) is 48.3 cm³/mol. The van der Waals surface area contributed by atoms with Crippen LogP contribution in [0.1, 0.15) is 26.2 Å². The molecular formula is C11H13NO. The van der Waals surface area contributed by atoms with E-state index in [0.29, 0.717) is 11.8 Å². The minimum absolute atomic E-state index is 0.351. The van der Waals surface area contributed by atoms with Crippen molar-refractivity contribution in [3.8, 4) is 18.4 Å². The molecule has 0 unspecified atom stereocenters. The highest BCUT2D eigenvalue weighted by Gasteiger charge is 2.68. The molecule has 2 saturated carbocycles. The zero-order chi connectivity index (χ0) is 9.69. The molecule has 2 nitrogen and oxygen atoms in total. The maximum Gasteiger partial charge on any atom is 0.141 e. The van der Waals surface area contributed by atoms with Crippen molar-refractivity contribution >= 4 is 0 Å². The average molecular weight is 175 g/mol. The van der Waals surface area contributed by atoms with Gasteiger partial charge in [-0.05, 0) is 38.0 Å². The van der Waals surface area contributed by atoms with Crippen molar-refractivity contribution in [1.82, 2.24) is 0 Å². The molecule has 0 aromatic carbocycles. The van der Waals surface area contributed by atoms with Crippen LogP contribution in [0, 0.1) is 40.9 Å². The van der Waals surface area contributed by atoms with Gasteiger partial charge in [0.05, 0.1) is 6.07 Å². The van der Waals surface area contributed by atoms with E-state index in [-0.39, 0.29) is 0 Å². The molecule has 13 heavy (non-hydrogen) atoms. The zero-order valence-corrected chi connectivity index (χ0v) is 7.75. The largest absolute Gasteiger partial charge is 0.376 e. The molecule has 3 atom stereocenters. The third kappa shape index (κ3) is 0.992. The molecule has 2 aliphatic rings. The first-order chi connectivity index (χ1) is 6.07. The van der Waals surface area contributed by atoms with Crippen LogP contribution in [0.15, 0.2) is 0 Å². The molecule has 0 spiro atoms. The van der Waals surface area contributed by atoms with Gasteiger partial charge in [0.2, 0.25) is 0 Å².